The van der Waals surface area contributed by atoms with Gasteiger partial charge in [0, 0.05) is 0 Å². The second-order valence-corrected chi connectivity index (χ2v) is 4.48. The summed E-state index contributed by atoms with van der Waals surface area (Å²) in [6.45, 7) is 3.44. The largest absolute Gasteiger partial charge is 0.466 e. The number of esters is 2. The van der Waals surface area contributed by atoms with Gasteiger partial charge in [-0.1, -0.05) is 6.07 Å². The summed E-state index contributed by atoms with van der Waals surface area (Å²) in [6, 6.07) is 3.30. The fraction of sp³-hybridized carbons (Fsp3) is 0.467. The Morgan fingerprint density at radius 2 is 1.82 bits per heavy atom. The van der Waals surface area contributed by atoms with E-state index in [-0.39, 0.29) is 24.3 Å². The minimum absolute atomic E-state index is 0.0799. The summed E-state index contributed by atoms with van der Waals surface area (Å²) >= 11 is 0. The van der Waals surface area contributed by atoms with E-state index in [9.17, 15) is 24.2 Å². The molecule has 1 aromatic carbocycles. The van der Waals surface area contributed by atoms with E-state index in [4.69, 9.17) is 4.74 Å². The topological polar surface area (TPSA) is 93.1 Å². The molecule has 0 aliphatic rings. The van der Waals surface area contributed by atoms with Gasteiger partial charge in [-0.3, -0.25) is 4.79 Å². The second-order valence-electron chi connectivity index (χ2n) is 4.48. The molecule has 122 valence electrons. The van der Waals surface area contributed by atoms with E-state index in [0.717, 1.165) is 12.1 Å². The third-order valence-electron chi connectivity index (χ3n) is 2.87. The van der Waals surface area contributed by atoms with Gasteiger partial charge in [-0.05, 0) is 31.5 Å². The first kappa shape index (κ1) is 18.1. The number of benzene rings is 1. The number of aliphatic hydroxyl groups excluding tert-OH is 2. The Balaban J connectivity index is 2.89. The van der Waals surface area contributed by atoms with Crippen molar-refractivity contribution in [1.82, 2.24) is 0 Å². The fourth-order valence-corrected chi connectivity index (χ4v) is 1.82. The summed E-state index contributed by atoms with van der Waals surface area (Å²) in [7, 11) is 0. The van der Waals surface area contributed by atoms with E-state index in [1.54, 1.807) is 13.8 Å². The molecule has 0 amide bonds. The molecule has 0 heterocycles. The molecule has 1 aromatic rings. The zero-order chi connectivity index (χ0) is 16.7. The maximum absolute atomic E-state index is 13.6. The molecule has 0 radical (unpaired) electrons. The Hall–Kier alpha value is -1.99. The molecular formula is C15H19FO6. The summed E-state index contributed by atoms with van der Waals surface area (Å²) in [5, 5.41) is 19.8. The Morgan fingerprint density at radius 3 is 2.41 bits per heavy atom. The zero-order valence-corrected chi connectivity index (χ0v) is 12.4. The highest BCUT2D eigenvalue weighted by atomic mass is 19.1. The van der Waals surface area contributed by atoms with Crippen molar-refractivity contribution in [2.75, 3.05) is 13.2 Å². The van der Waals surface area contributed by atoms with E-state index >= 15 is 0 Å². The second kappa shape index (κ2) is 8.45. The highest BCUT2D eigenvalue weighted by Gasteiger charge is 2.24. The molecule has 6 nitrogen and oxygen atoms in total. The lowest BCUT2D eigenvalue weighted by Gasteiger charge is -2.18. The summed E-state index contributed by atoms with van der Waals surface area (Å²) in [5.74, 6) is -2.33. The number of rotatable bonds is 7. The van der Waals surface area contributed by atoms with Crippen LogP contribution >= 0.6 is 0 Å². The van der Waals surface area contributed by atoms with E-state index < -0.39 is 36.4 Å². The Morgan fingerprint density at radius 1 is 1.18 bits per heavy atom. The number of carbonyl (C=O) groups excluding carboxylic acids is 2. The number of carbonyl (C=O) groups is 2. The van der Waals surface area contributed by atoms with Crippen LogP contribution in [-0.2, 0) is 14.3 Å². The van der Waals surface area contributed by atoms with Crippen LogP contribution in [0.3, 0.4) is 0 Å². The van der Waals surface area contributed by atoms with Crippen LogP contribution in [0.25, 0.3) is 0 Å². The van der Waals surface area contributed by atoms with E-state index in [2.05, 4.69) is 4.74 Å². The lowest BCUT2D eigenvalue weighted by Crippen LogP contribution is -2.23. The van der Waals surface area contributed by atoms with E-state index in [1.165, 1.54) is 6.07 Å². The molecule has 0 aromatic heterocycles. The summed E-state index contributed by atoms with van der Waals surface area (Å²) < 4.78 is 23.0. The molecule has 22 heavy (non-hydrogen) atoms. The number of halogens is 1. The third kappa shape index (κ3) is 4.78. The van der Waals surface area contributed by atoms with Gasteiger partial charge in [-0.25, -0.2) is 9.18 Å². The Kier molecular flexibility index (Phi) is 6.94. The van der Waals surface area contributed by atoms with Gasteiger partial charge in [0.1, 0.15) is 11.9 Å². The number of hydrogen-bond donors (Lipinski definition) is 2. The number of hydrogen-bond acceptors (Lipinski definition) is 6. The van der Waals surface area contributed by atoms with Crippen molar-refractivity contribution in [3.05, 3.63) is 35.1 Å². The quantitative estimate of drug-likeness (QED) is 0.738. The van der Waals surface area contributed by atoms with Gasteiger partial charge in [0.2, 0.25) is 0 Å². The average molecular weight is 314 g/mol. The number of aliphatic hydroxyl groups is 2. The zero-order valence-electron chi connectivity index (χ0n) is 12.4. The Labute approximate surface area is 127 Å². The first-order valence-electron chi connectivity index (χ1n) is 6.89. The van der Waals surface area contributed by atoms with Crippen LogP contribution in [0.4, 0.5) is 4.39 Å². The van der Waals surface area contributed by atoms with Gasteiger partial charge in [-0.2, -0.15) is 0 Å². The summed E-state index contributed by atoms with van der Waals surface area (Å²) in [5.41, 5.74) is -0.247. The Bertz CT molecular complexity index is 531. The maximum atomic E-state index is 13.6. The fourth-order valence-electron chi connectivity index (χ4n) is 1.82. The first-order chi connectivity index (χ1) is 10.4. The van der Waals surface area contributed by atoms with Crippen molar-refractivity contribution < 1.29 is 33.7 Å². The van der Waals surface area contributed by atoms with E-state index in [0.29, 0.717) is 0 Å². The van der Waals surface area contributed by atoms with Crippen molar-refractivity contribution in [1.29, 1.82) is 0 Å². The van der Waals surface area contributed by atoms with Crippen molar-refractivity contribution in [2.24, 2.45) is 0 Å². The van der Waals surface area contributed by atoms with Crippen LogP contribution in [0, 0.1) is 5.82 Å². The predicted molar refractivity (Wildman–Crippen MR) is 74.6 cm³/mol. The highest BCUT2D eigenvalue weighted by molar-refractivity contribution is 5.90. The molecule has 0 fully saturated rings. The molecule has 7 heteroatoms. The molecule has 0 saturated carbocycles. The molecular weight excluding hydrogens is 295 g/mol. The molecule has 0 aliphatic heterocycles. The van der Waals surface area contributed by atoms with Gasteiger partial charge < -0.3 is 19.7 Å². The van der Waals surface area contributed by atoms with Crippen LogP contribution in [-0.4, -0.2) is 41.5 Å². The van der Waals surface area contributed by atoms with Crippen molar-refractivity contribution in [3.8, 4) is 0 Å². The summed E-state index contributed by atoms with van der Waals surface area (Å²) in [6.07, 6.45) is -3.31. The van der Waals surface area contributed by atoms with Crippen molar-refractivity contribution >= 4 is 11.9 Å². The average Bonchev–Trinajstić information content (AvgIpc) is 2.47. The smallest absolute Gasteiger partial charge is 0.341 e. The lowest BCUT2D eigenvalue weighted by atomic mass is 10.00. The number of ether oxygens (including phenoxy) is 2. The molecule has 2 unspecified atom stereocenters. The maximum Gasteiger partial charge on any atom is 0.341 e. The molecule has 0 aliphatic carbocycles. The van der Waals surface area contributed by atoms with Gasteiger partial charge in [0.15, 0.2) is 0 Å². The lowest BCUT2D eigenvalue weighted by molar-refractivity contribution is -0.147. The molecule has 0 bridgehead atoms. The van der Waals surface area contributed by atoms with Crippen LogP contribution in [0.15, 0.2) is 18.2 Å². The predicted octanol–water partition coefficient (Wildman–Crippen LogP) is 1.35. The van der Waals surface area contributed by atoms with Gasteiger partial charge in [0.05, 0.1) is 31.3 Å². The van der Waals surface area contributed by atoms with Crippen molar-refractivity contribution in [3.63, 3.8) is 0 Å². The van der Waals surface area contributed by atoms with Gasteiger partial charge >= 0.3 is 11.9 Å². The van der Waals surface area contributed by atoms with Gasteiger partial charge in [-0.15, -0.1) is 0 Å². The minimum atomic E-state index is -1.46. The summed E-state index contributed by atoms with van der Waals surface area (Å²) in [4.78, 5) is 22.9. The third-order valence-corrected chi connectivity index (χ3v) is 2.87. The van der Waals surface area contributed by atoms with Crippen LogP contribution in [0.1, 0.15) is 42.3 Å². The molecule has 0 spiro atoms. The first-order valence-corrected chi connectivity index (χ1v) is 6.89. The highest BCUT2D eigenvalue weighted by Crippen LogP contribution is 2.22. The van der Waals surface area contributed by atoms with Crippen LogP contribution in [0.5, 0.6) is 0 Å². The van der Waals surface area contributed by atoms with Crippen LogP contribution in [0.2, 0.25) is 0 Å². The van der Waals surface area contributed by atoms with E-state index in [1.807, 2.05) is 0 Å². The molecule has 2 atom stereocenters. The van der Waals surface area contributed by atoms with Gasteiger partial charge in [0.25, 0.3) is 0 Å². The van der Waals surface area contributed by atoms with Crippen molar-refractivity contribution in [2.45, 2.75) is 32.5 Å². The minimum Gasteiger partial charge on any atom is -0.466 e. The normalized spacial score (nSPS) is 13.3. The van der Waals surface area contributed by atoms with Crippen LogP contribution < -0.4 is 0 Å². The monoisotopic (exact) mass is 314 g/mol. The SMILES string of the molecule is CCOC(=O)CC(O)C(O)c1ccc(F)c(C(=O)OCC)c1. The molecule has 1 rings (SSSR count). The standard InChI is InChI=1S/C15H19FO6/c1-3-21-13(18)8-12(17)14(19)9-5-6-11(16)10(7-9)15(20)22-4-2/h5-7,12,14,17,19H,3-4,8H2,1-2H3. The molecule has 0 saturated heterocycles. The molecule has 2 N–H and O–H groups in total.